The second-order valence-electron chi connectivity index (χ2n) is 8.52. The van der Waals surface area contributed by atoms with Crippen molar-refractivity contribution in [3.63, 3.8) is 0 Å². The zero-order valence-corrected chi connectivity index (χ0v) is 19.5. The van der Waals surface area contributed by atoms with Crippen LogP contribution in [0.2, 0.25) is 0 Å². The maximum atomic E-state index is 13.8. The smallest absolute Gasteiger partial charge is 0.392 e. The number of nitrogens with zero attached hydrogens (tertiary/aromatic N) is 6. The number of carbonyl (C=O) groups is 1. The van der Waals surface area contributed by atoms with Crippen LogP contribution in [0.3, 0.4) is 0 Å². The standard InChI is InChI=1S/C24H21F4N7O2/c1-33-20(4-5-30-33)31-23-29-10-18(24(26,27)28)21(32-23)16-9-19-22(37)35(7-6-34(19)12-16)11-15-8-17(25)3-2-14(15)13-36/h2-5,8-10,12,36H,6-7,11,13H2,1H3,(H,29,31,32). The Morgan fingerprint density at radius 2 is 1.95 bits per heavy atom. The summed E-state index contributed by atoms with van der Waals surface area (Å²) < 4.78 is 58.3. The number of amides is 1. The summed E-state index contributed by atoms with van der Waals surface area (Å²) >= 11 is 0. The van der Waals surface area contributed by atoms with Crippen LogP contribution in [0.5, 0.6) is 0 Å². The molecule has 2 N–H and O–H groups in total. The van der Waals surface area contributed by atoms with Crippen molar-refractivity contribution in [1.82, 2.24) is 29.2 Å². The quantitative estimate of drug-likeness (QED) is 0.380. The van der Waals surface area contributed by atoms with Gasteiger partial charge in [0.15, 0.2) is 0 Å². The van der Waals surface area contributed by atoms with Crippen LogP contribution in [0.25, 0.3) is 11.3 Å². The largest absolute Gasteiger partial charge is 0.419 e. The van der Waals surface area contributed by atoms with Gasteiger partial charge in [-0.05, 0) is 29.3 Å². The molecule has 0 saturated heterocycles. The van der Waals surface area contributed by atoms with E-state index >= 15 is 0 Å². The molecule has 9 nitrogen and oxygen atoms in total. The molecular weight excluding hydrogens is 494 g/mol. The van der Waals surface area contributed by atoms with Gasteiger partial charge in [-0.25, -0.2) is 14.4 Å². The van der Waals surface area contributed by atoms with Crippen LogP contribution in [0.4, 0.5) is 29.3 Å². The molecule has 13 heteroatoms. The van der Waals surface area contributed by atoms with Crippen molar-refractivity contribution < 1.29 is 27.5 Å². The second-order valence-corrected chi connectivity index (χ2v) is 8.52. The minimum absolute atomic E-state index is 0.0487. The Bertz CT molecular complexity index is 1480. The predicted molar refractivity (Wildman–Crippen MR) is 124 cm³/mol. The van der Waals surface area contributed by atoms with Crippen LogP contribution in [0.15, 0.2) is 48.9 Å². The third-order valence-electron chi connectivity index (χ3n) is 6.14. The summed E-state index contributed by atoms with van der Waals surface area (Å²) in [6.07, 6.45) is -1.06. The third-order valence-corrected chi connectivity index (χ3v) is 6.14. The zero-order valence-electron chi connectivity index (χ0n) is 19.5. The molecule has 37 heavy (non-hydrogen) atoms. The van der Waals surface area contributed by atoms with Crippen LogP contribution >= 0.6 is 0 Å². The third kappa shape index (κ3) is 4.77. The van der Waals surface area contributed by atoms with Gasteiger partial charge in [0.2, 0.25) is 5.95 Å². The minimum atomic E-state index is -4.73. The molecule has 192 valence electrons. The minimum Gasteiger partial charge on any atom is -0.392 e. The van der Waals surface area contributed by atoms with Crippen LogP contribution in [0.1, 0.15) is 27.2 Å². The van der Waals surface area contributed by atoms with Crippen LogP contribution in [-0.2, 0) is 32.9 Å². The van der Waals surface area contributed by atoms with Gasteiger partial charge in [-0.3, -0.25) is 9.48 Å². The molecule has 0 fully saturated rings. The molecule has 4 aromatic rings. The van der Waals surface area contributed by atoms with E-state index in [-0.39, 0.29) is 42.6 Å². The fraction of sp³-hybridized carbons (Fsp3) is 0.250. The van der Waals surface area contributed by atoms with Crippen molar-refractivity contribution >= 4 is 17.7 Å². The molecule has 5 rings (SSSR count). The van der Waals surface area contributed by atoms with Crippen LogP contribution < -0.4 is 5.32 Å². The van der Waals surface area contributed by atoms with Crippen molar-refractivity contribution in [2.75, 3.05) is 11.9 Å². The summed E-state index contributed by atoms with van der Waals surface area (Å²) in [7, 11) is 1.65. The summed E-state index contributed by atoms with van der Waals surface area (Å²) in [4.78, 5) is 22.6. The Labute approximate surface area is 208 Å². The number of alkyl halides is 3. The fourth-order valence-electron chi connectivity index (χ4n) is 4.23. The van der Waals surface area contributed by atoms with E-state index in [0.29, 0.717) is 29.7 Å². The first-order valence-corrected chi connectivity index (χ1v) is 11.2. The van der Waals surface area contributed by atoms with Crippen molar-refractivity contribution in [3.8, 4) is 11.3 Å². The maximum absolute atomic E-state index is 13.8. The van der Waals surface area contributed by atoms with Crippen molar-refractivity contribution in [3.05, 3.63) is 77.1 Å². The first-order valence-electron chi connectivity index (χ1n) is 11.2. The summed E-state index contributed by atoms with van der Waals surface area (Å²) in [5, 5.41) is 16.4. The number of aliphatic hydroxyl groups excluding tert-OH is 1. The summed E-state index contributed by atoms with van der Waals surface area (Å²) in [5.74, 6) is -0.513. The monoisotopic (exact) mass is 515 g/mol. The second kappa shape index (κ2) is 9.32. The molecule has 0 atom stereocenters. The molecule has 4 heterocycles. The molecule has 0 spiro atoms. The fourth-order valence-corrected chi connectivity index (χ4v) is 4.23. The molecule has 1 amide bonds. The molecule has 1 aromatic carbocycles. The van der Waals surface area contributed by atoms with E-state index in [2.05, 4.69) is 20.4 Å². The molecular formula is C24H21F4N7O2. The highest BCUT2D eigenvalue weighted by molar-refractivity contribution is 5.95. The maximum Gasteiger partial charge on any atom is 0.419 e. The highest BCUT2D eigenvalue weighted by atomic mass is 19.4. The molecule has 0 bridgehead atoms. The first kappa shape index (κ1) is 24.4. The average molecular weight is 515 g/mol. The van der Waals surface area contributed by atoms with Crippen molar-refractivity contribution in [1.29, 1.82) is 0 Å². The highest BCUT2D eigenvalue weighted by Crippen LogP contribution is 2.37. The number of halogens is 4. The molecule has 0 saturated carbocycles. The number of fused-ring (bicyclic) bond motifs is 1. The predicted octanol–water partition coefficient (Wildman–Crippen LogP) is 3.73. The van der Waals surface area contributed by atoms with Gasteiger partial charge < -0.3 is 19.9 Å². The van der Waals surface area contributed by atoms with Gasteiger partial charge >= 0.3 is 6.18 Å². The van der Waals surface area contributed by atoms with Crippen LogP contribution in [-0.4, -0.2) is 46.8 Å². The van der Waals surface area contributed by atoms with E-state index in [1.54, 1.807) is 17.7 Å². The van der Waals surface area contributed by atoms with Gasteiger partial charge in [0.1, 0.15) is 22.9 Å². The number of hydrogen-bond donors (Lipinski definition) is 2. The molecule has 3 aromatic heterocycles. The van der Waals surface area contributed by atoms with Gasteiger partial charge in [-0.2, -0.15) is 18.3 Å². The van der Waals surface area contributed by atoms with Gasteiger partial charge in [-0.15, -0.1) is 0 Å². The Morgan fingerprint density at radius 1 is 1.14 bits per heavy atom. The van der Waals surface area contributed by atoms with Crippen LogP contribution in [0, 0.1) is 5.82 Å². The van der Waals surface area contributed by atoms with Gasteiger partial charge in [0.05, 0.1) is 18.5 Å². The number of nitrogens with one attached hydrogen (secondary N) is 1. The zero-order chi connectivity index (χ0) is 26.3. The molecule has 1 aliphatic heterocycles. The lowest BCUT2D eigenvalue weighted by Crippen LogP contribution is -2.39. The molecule has 0 unspecified atom stereocenters. The summed E-state index contributed by atoms with van der Waals surface area (Å²) in [6, 6.07) is 6.90. The molecule has 0 radical (unpaired) electrons. The van der Waals surface area contributed by atoms with E-state index in [1.165, 1.54) is 46.2 Å². The number of carbonyl (C=O) groups excluding carboxylic acids is 1. The van der Waals surface area contributed by atoms with E-state index < -0.39 is 23.5 Å². The van der Waals surface area contributed by atoms with Crippen molar-refractivity contribution in [2.24, 2.45) is 7.05 Å². The van der Waals surface area contributed by atoms with E-state index in [9.17, 15) is 27.5 Å². The van der Waals surface area contributed by atoms with Gasteiger partial charge in [0, 0.05) is 50.7 Å². The lowest BCUT2D eigenvalue weighted by atomic mass is 10.1. The SMILES string of the molecule is Cn1nccc1Nc1ncc(C(F)(F)F)c(-c2cc3n(c2)CCN(Cc2cc(F)ccc2CO)C3=O)n1. The molecule has 0 aliphatic carbocycles. The number of anilines is 2. The van der Waals surface area contributed by atoms with E-state index in [4.69, 9.17) is 0 Å². The first-order chi connectivity index (χ1) is 17.6. The van der Waals surface area contributed by atoms with Gasteiger partial charge in [-0.1, -0.05) is 6.07 Å². The number of benzene rings is 1. The van der Waals surface area contributed by atoms with E-state index in [1.807, 2.05) is 0 Å². The topological polar surface area (TPSA) is 101 Å². The highest BCUT2D eigenvalue weighted by Gasteiger charge is 2.36. The molecule has 1 aliphatic rings. The summed E-state index contributed by atoms with van der Waals surface area (Å²) in [6.45, 7) is 0.302. The Morgan fingerprint density at radius 3 is 2.65 bits per heavy atom. The Kier molecular flexibility index (Phi) is 6.15. The Balaban J connectivity index is 1.48. The number of aromatic nitrogens is 5. The van der Waals surface area contributed by atoms with E-state index in [0.717, 1.165) is 0 Å². The lowest BCUT2D eigenvalue weighted by Gasteiger charge is -2.29. The number of aliphatic hydroxyl groups is 1. The normalized spacial score (nSPS) is 13.7. The van der Waals surface area contributed by atoms with Gasteiger partial charge in [0.25, 0.3) is 5.91 Å². The number of aryl methyl sites for hydroxylation is 1. The van der Waals surface area contributed by atoms with Crippen molar-refractivity contribution in [2.45, 2.75) is 25.9 Å². The number of rotatable bonds is 6. The summed E-state index contributed by atoms with van der Waals surface area (Å²) in [5.41, 5.74) is -0.188. The number of hydrogen-bond acceptors (Lipinski definition) is 6. The lowest BCUT2D eigenvalue weighted by molar-refractivity contribution is -0.137. The average Bonchev–Trinajstić information content (AvgIpc) is 3.47. The Hall–Kier alpha value is -4.26.